The Bertz CT molecular complexity index is 740. The highest BCUT2D eigenvalue weighted by molar-refractivity contribution is 5.27. The molecule has 0 saturated heterocycles. The Morgan fingerprint density at radius 3 is 2.29 bits per heavy atom. The Kier molecular flexibility index (Phi) is 3.89. The summed E-state index contributed by atoms with van der Waals surface area (Å²) < 4.78 is 45.8. The van der Waals surface area contributed by atoms with E-state index < -0.39 is 17.5 Å². The monoisotopic (exact) mass is 336 g/mol. The SMILES string of the molecule is N[C@H]1C[C@@H](N2Cc3cocc3C2)CCC1c1cc(F)c(F)cc1F. The zero-order valence-electron chi connectivity index (χ0n) is 13.1. The molecule has 2 aromatic rings. The van der Waals surface area contributed by atoms with Crippen LogP contribution in [0.3, 0.4) is 0 Å². The van der Waals surface area contributed by atoms with Crippen LogP contribution in [0.25, 0.3) is 0 Å². The van der Waals surface area contributed by atoms with Gasteiger partial charge in [-0.15, -0.1) is 0 Å². The predicted molar refractivity (Wildman–Crippen MR) is 82.6 cm³/mol. The van der Waals surface area contributed by atoms with Crippen LogP contribution >= 0.6 is 0 Å². The van der Waals surface area contributed by atoms with Gasteiger partial charge in [0.15, 0.2) is 11.6 Å². The third kappa shape index (κ3) is 2.63. The Morgan fingerprint density at radius 2 is 1.62 bits per heavy atom. The van der Waals surface area contributed by atoms with Gasteiger partial charge in [-0.05, 0) is 30.9 Å². The maximum absolute atomic E-state index is 14.0. The standard InChI is InChI=1S/C18H19F3N2O/c19-15-5-17(21)16(20)4-14(15)13-2-1-12(3-18(13)22)23-6-10-8-24-9-11(10)7-23/h4-5,8-9,12-13,18H,1-3,6-7,22H2/t12-,13?,18-/m0/s1. The van der Waals surface area contributed by atoms with Gasteiger partial charge in [0, 0.05) is 48.3 Å². The molecule has 4 rings (SSSR count). The van der Waals surface area contributed by atoms with Crippen LogP contribution < -0.4 is 5.73 Å². The zero-order chi connectivity index (χ0) is 16.8. The summed E-state index contributed by atoms with van der Waals surface area (Å²) in [6.07, 6.45) is 5.79. The van der Waals surface area contributed by atoms with E-state index in [0.717, 1.165) is 25.6 Å². The third-order valence-electron chi connectivity index (χ3n) is 5.41. The van der Waals surface area contributed by atoms with Crippen molar-refractivity contribution in [2.24, 2.45) is 5.73 Å². The van der Waals surface area contributed by atoms with Gasteiger partial charge in [0.1, 0.15) is 5.82 Å². The maximum Gasteiger partial charge on any atom is 0.161 e. The van der Waals surface area contributed by atoms with Crippen LogP contribution in [0.2, 0.25) is 0 Å². The fourth-order valence-electron chi connectivity index (χ4n) is 4.10. The second kappa shape index (κ2) is 5.93. The molecule has 0 radical (unpaired) electrons. The Hall–Kier alpha value is -1.79. The highest BCUT2D eigenvalue weighted by Gasteiger charge is 2.36. The Balaban J connectivity index is 1.47. The summed E-state index contributed by atoms with van der Waals surface area (Å²) >= 11 is 0. The lowest BCUT2D eigenvalue weighted by atomic mass is 9.77. The van der Waals surface area contributed by atoms with E-state index in [2.05, 4.69) is 4.90 Å². The average Bonchev–Trinajstić information content (AvgIpc) is 3.13. The summed E-state index contributed by atoms with van der Waals surface area (Å²) in [6.45, 7) is 1.68. The fourth-order valence-corrected chi connectivity index (χ4v) is 4.10. The molecule has 1 aliphatic heterocycles. The first-order valence-electron chi connectivity index (χ1n) is 8.21. The van der Waals surface area contributed by atoms with Crippen molar-refractivity contribution in [2.45, 2.75) is 50.4 Å². The Morgan fingerprint density at radius 1 is 0.958 bits per heavy atom. The number of nitrogens with two attached hydrogens (primary N) is 1. The molecule has 3 atom stereocenters. The van der Waals surface area contributed by atoms with Crippen molar-refractivity contribution in [3.63, 3.8) is 0 Å². The second-order valence-electron chi connectivity index (χ2n) is 6.85. The van der Waals surface area contributed by atoms with E-state index in [-0.39, 0.29) is 17.5 Å². The molecule has 6 heteroatoms. The minimum absolute atomic E-state index is 0.192. The average molecular weight is 336 g/mol. The zero-order valence-corrected chi connectivity index (χ0v) is 13.1. The molecular formula is C18H19F3N2O. The Labute approximate surface area is 138 Å². The van der Waals surface area contributed by atoms with Gasteiger partial charge in [0.2, 0.25) is 0 Å². The van der Waals surface area contributed by atoms with Crippen LogP contribution in [0, 0.1) is 17.5 Å². The van der Waals surface area contributed by atoms with Crippen LogP contribution in [-0.4, -0.2) is 17.0 Å². The minimum atomic E-state index is -1.16. The summed E-state index contributed by atoms with van der Waals surface area (Å²) in [6, 6.07) is 1.62. The smallest absolute Gasteiger partial charge is 0.161 e. The van der Waals surface area contributed by atoms with Crippen molar-refractivity contribution in [2.75, 3.05) is 0 Å². The number of rotatable bonds is 2. The van der Waals surface area contributed by atoms with Crippen LogP contribution in [0.15, 0.2) is 29.1 Å². The van der Waals surface area contributed by atoms with Crippen LogP contribution in [0.1, 0.15) is 41.9 Å². The first-order valence-corrected chi connectivity index (χ1v) is 8.21. The lowest BCUT2D eigenvalue weighted by molar-refractivity contribution is 0.136. The van der Waals surface area contributed by atoms with E-state index in [1.54, 1.807) is 12.5 Å². The molecule has 0 amide bonds. The number of furan rings is 1. The second-order valence-corrected chi connectivity index (χ2v) is 6.85. The predicted octanol–water partition coefficient (Wildman–Crippen LogP) is 3.68. The van der Waals surface area contributed by atoms with E-state index in [4.69, 9.17) is 10.2 Å². The molecule has 3 nitrogen and oxygen atoms in total. The molecule has 24 heavy (non-hydrogen) atoms. The van der Waals surface area contributed by atoms with Crippen molar-refractivity contribution < 1.29 is 17.6 Å². The maximum atomic E-state index is 14.0. The van der Waals surface area contributed by atoms with Gasteiger partial charge in [0.05, 0.1) is 12.5 Å². The topological polar surface area (TPSA) is 42.4 Å². The van der Waals surface area contributed by atoms with Crippen LogP contribution in [0.4, 0.5) is 13.2 Å². The number of nitrogens with zero attached hydrogens (tertiary/aromatic N) is 1. The van der Waals surface area contributed by atoms with E-state index in [1.165, 1.54) is 11.1 Å². The summed E-state index contributed by atoms with van der Waals surface area (Å²) in [5, 5.41) is 0. The van der Waals surface area contributed by atoms with Crippen LogP contribution in [0.5, 0.6) is 0 Å². The van der Waals surface area contributed by atoms with Crippen molar-refractivity contribution in [3.8, 4) is 0 Å². The highest BCUT2D eigenvalue weighted by Crippen LogP contribution is 2.38. The van der Waals surface area contributed by atoms with Crippen molar-refractivity contribution >= 4 is 0 Å². The number of benzene rings is 1. The van der Waals surface area contributed by atoms with E-state index in [0.29, 0.717) is 24.9 Å². The van der Waals surface area contributed by atoms with Gasteiger partial charge in [-0.2, -0.15) is 0 Å². The molecule has 0 bridgehead atoms. The fraction of sp³-hybridized carbons (Fsp3) is 0.444. The van der Waals surface area contributed by atoms with Gasteiger partial charge >= 0.3 is 0 Å². The summed E-state index contributed by atoms with van der Waals surface area (Å²) in [7, 11) is 0. The van der Waals surface area contributed by atoms with E-state index in [1.807, 2.05) is 0 Å². The molecule has 1 fully saturated rings. The van der Waals surface area contributed by atoms with Gasteiger partial charge < -0.3 is 10.2 Å². The van der Waals surface area contributed by atoms with Crippen LogP contribution in [-0.2, 0) is 13.1 Å². The first-order chi connectivity index (χ1) is 11.5. The highest BCUT2D eigenvalue weighted by atomic mass is 19.2. The third-order valence-corrected chi connectivity index (χ3v) is 5.41. The molecule has 2 aliphatic rings. The lowest BCUT2D eigenvalue weighted by Crippen LogP contribution is -2.44. The molecule has 0 spiro atoms. The quantitative estimate of drug-likeness (QED) is 0.851. The molecule has 1 aromatic carbocycles. The number of hydrogen-bond acceptors (Lipinski definition) is 3. The summed E-state index contributed by atoms with van der Waals surface area (Å²) in [4.78, 5) is 2.36. The number of fused-ring (bicyclic) bond motifs is 1. The number of halogens is 3. The first kappa shape index (κ1) is 15.7. The lowest BCUT2D eigenvalue weighted by Gasteiger charge is -2.38. The molecule has 2 heterocycles. The molecule has 1 saturated carbocycles. The van der Waals surface area contributed by atoms with E-state index in [9.17, 15) is 13.2 Å². The molecule has 128 valence electrons. The van der Waals surface area contributed by atoms with Gasteiger partial charge in [-0.25, -0.2) is 13.2 Å². The molecule has 1 aliphatic carbocycles. The summed E-state index contributed by atoms with van der Waals surface area (Å²) in [5.41, 5.74) is 8.88. The van der Waals surface area contributed by atoms with Gasteiger partial charge in [-0.1, -0.05) is 0 Å². The van der Waals surface area contributed by atoms with Crippen molar-refractivity contribution in [1.29, 1.82) is 0 Å². The molecule has 1 aromatic heterocycles. The van der Waals surface area contributed by atoms with Crippen molar-refractivity contribution in [3.05, 3.63) is 58.8 Å². The minimum Gasteiger partial charge on any atom is -0.472 e. The molecular weight excluding hydrogens is 317 g/mol. The largest absolute Gasteiger partial charge is 0.472 e. The normalized spacial score (nSPS) is 27.4. The molecule has 1 unspecified atom stereocenters. The summed E-state index contributed by atoms with van der Waals surface area (Å²) in [5.74, 6) is -3.17. The number of hydrogen-bond donors (Lipinski definition) is 1. The van der Waals surface area contributed by atoms with Crippen molar-refractivity contribution in [1.82, 2.24) is 4.90 Å². The van der Waals surface area contributed by atoms with Gasteiger partial charge in [0.25, 0.3) is 0 Å². The van der Waals surface area contributed by atoms with E-state index >= 15 is 0 Å². The van der Waals surface area contributed by atoms with Gasteiger partial charge in [-0.3, -0.25) is 4.90 Å². The molecule has 2 N–H and O–H groups in total.